The van der Waals surface area contributed by atoms with Crippen molar-refractivity contribution >= 4 is 40.6 Å². The number of rotatable bonds is 3. The number of benzene rings is 2. The van der Waals surface area contributed by atoms with E-state index in [9.17, 15) is 4.39 Å². The SMILES string of the molecule is Cc1ccc(C)c(NC(=S)/N=C(/Nc2nc(C)cc(C)n2)N2CCN(c3ccc(F)cc3)CC2)c1. The molecule has 0 unspecified atom stereocenters. The molecule has 1 aliphatic heterocycles. The number of hydrogen-bond donors (Lipinski definition) is 2. The third-order valence-corrected chi connectivity index (χ3v) is 6.01. The van der Waals surface area contributed by atoms with E-state index in [1.165, 1.54) is 12.1 Å². The van der Waals surface area contributed by atoms with E-state index in [2.05, 4.69) is 48.6 Å². The largest absolute Gasteiger partial charge is 0.368 e. The molecule has 9 heteroatoms. The van der Waals surface area contributed by atoms with E-state index in [-0.39, 0.29) is 5.82 Å². The summed E-state index contributed by atoms with van der Waals surface area (Å²) >= 11 is 5.61. The van der Waals surface area contributed by atoms with Crippen LogP contribution in [-0.4, -0.2) is 52.1 Å². The molecule has 1 aliphatic rings. The van der Waals surface area contributed by atoms with Gasteiger partial charge in [-0.25, -0.2) is 14.4 Å². The zero-order valence-corrected chi connectivity index (χ0v) is 21.3. The molecule has 2 N–H and O–H groups in total. The molecule has 1 fully saturated rings. The maximum Gasteiger partial charge on any atom is 0.229 e. The summed E-state index contributed by atoms with van der Waals surface area (Å²) in [5.41, 5.74) is 5.91. The van der Waals surface area contributed by atoms with Gasteiger partial charge in [0, 0.05) is 48.9 Å². The van der Waals surface area contributed by atoms with Crippen LogP contribution in [0.2, 0.25) is 0 Å². The molecule has 4 rings (SSSR count). The van der Waals surface area contributed by atoms with Crippen LogP contribution in [0, 0.1) is 33.5 Å². The highest BCUT2D eigenvalue weighted by Gasteiger charge is 2.22. The van der Waals surface area contributed by atoms with Crippen molar-refractivity contribution in [3.8, 4) is 0 Å². The normalized spacial score (nSPS) is 14.1. The molecule has 0 radical (unpaired) electrons. The molecular weight excluding hydrogens is 461 g/mol. The zero-order chi connectivity index (χ0) is 24.9. The first-order chi connectivity index (χ1) is 16.8. The van der Waals surface area contributed by atoms with Gasteiger partial charge >= 0.3 is 0 Å². The number of nitrogens with zero attached hydrogens (tertiary/aromatic N) is 5. The molecule has 0 aliphatic carbocycles. The average molecular weight is 492 g/mol. The van der Waals surface area contributed by atoms with Gasteiger partial charge in [-0.3, -0.25) is 5.32 Å². The summed E-state index contributed by atoms with van der Waals surface area (Å²) < 4.78 is 13.3. The van der Waals surface area contributed by atoms with Crippen molar-refractivity contribution in [3.63, 3.8) is 0 Å². The highest BCUT2D eigenvalue weighted by molar-refractivity contribution is 7.80. The highest BCUT2D eigenvalue weighted by Crippen LogP contribution is 2.19. The second-order valence-electron chi connectivity index (χ2n) is 8.73. The summed E-state index contributed by atoms with van der Waals surface area (Å²) in [5, 5.41) is 6.91. The minimum absolute atomic E-state index is 0.232. The van der Waals surface area contributed by atoms with Crippen molar-refractivity contribution in [1.29, 1.82) is 0 Å². The minimum atomic E-state index is -0.232. The smallest absolute Gasteiger partial charge is 0.229 e. The molecule has 0 atom stereocenters. The monoisotopic (exact) mass is 491 g/mol. The number of halogens is 1. The van der Waals surface area contributed by atoms with Gasteiger partial charge < -0.3 is 15.1 Å². The lowest BCUT2D eigenvalue weighted by molar-refractivity contribution is 0.385. The Morgan fingerprint density at radius 2 is 1.54 bits per heavy atom. The third kappa shape index (κ3) is 6.51. The van der Waals surface area contributed by atoms with E-state index >= 15 is 0 Å². The van der Waals surface area contributed by atoms with E-state index in [0.717, 1.165) is 47.0 Å². The van der Waals surface area contributed by atoms with Crippen LogP contribution in [0.15, 0.2) is 53.5 Å². The number of aliphatic imine (C=N–C) groups is 1. The fourth-order valence-corrected chi connectivity index (χ4v) is 4.19. The van der Waals surface area contributed by atoms with Crippen LogP contribution in [0.1, 0.15) is 22.5 Å². The number of guanidine groups is 1. The van der Waals surface area contributed by atoms with E-state index in [4.69, 9.17) is 17.2 Å². The van der Waals surface area contributed by atoms with Crippen LogP contribution < -0.4 is 15.5 Å². The molecule has 2 heterocycles. The topological polar surface area (TPSA) is 68.7 Å². The molecular formula is C26H30FN7S. The third-order valence-electron chi connectivity index (χ3n) is 5.82. The Hall–Kier alpha value is -3.59. The van der Waals surface area contributed by atoms with Gasteiger partial charge in [0.15, 0.2) is 0 Å². The number of hydrogen-bond acceptors (Lipinski definition) is 4. The minimum Gasteiger partial charge on any atom is -0.368 e. The van der Waals surface area contributed by atoms with Crippen LogP contribution in [-0.2, 0) is 0 Å². The molecule has 2 aromatic carbocycles. The first-order valence-electron chi connectivity index (χ1n) is 11.6. The summed E-state index contributed by atoms with van der Waals surface area (Å²) in [7, 11) is 0. The van der Waals surface area contributed by atoms with Crippen LogP contribution in [0.25, 0.3) is 0 Å². The van der Waals surface area contributed by atoms with Crippen molar-refractivity contribution < 1.29 is 4.39 Å². The van der Waals surface area contributed by atoms with Crippen molar-refractivity contribution in [1.82, 2.24) is 14.9 Å². The number of aromatic nitrogens is 2. The van der Waals surface area contributed by atoms with Crippen LogP contribution in [0.5, 0.6) is 0 Å². The summed E-state index contributed by atoms with van der Waals surface area (Å²) in [6, 6.07) is 14.7. The lowest BCUT2D eigenvalue weighted by atomic mass is 10.1. The summed E-state index contributed by atoms with van der Waals surface area (Å²) in [6.07, 6.45) is 0. The maximum absolute atomic E-state index is 13.3. The number of aryl methyl sites for hydroxylation is 4. The van der Waals surface area contributed by atoms with Gasteiger partial charge in [0.05, 0.1) is 0 Å². The molecule has 35 heavy (non-hydrogen) atoms. The Morgan fingerprint density at radius 1 is 0.886 bits per heavy atom. The Bertz CT molecular complexity index is 1210. The Kier molecular flexibility index (Phi) is 7.55. The number of piperazine rings is 1. The van der Waals surface area contributed by atoms with Gasteiger partial charge in [-0.2, -0.15) is 4.99 Å². The van der Waals surface area contributed by atoms with Gasteiger partial charge in [-0.1, -0.05) is 12.1 Å². The first kappa shape index (κ1) is 24.5. The van der Waals surface area contributed by atoms with Crippen molar-refractivity contribution in [2.75, 3.05) is 41.7 Å². The quantitative estimate of drug-likeness (QED) is 0.309. The molecule has 1 saturated heterocycles. The summed E-state index contributed by atoms with van der Waals surface area (Å²) in [5.74, 6) is 0.845. The van der Waals surface area contributed by atoms with Crippen LogP contribution in [0.4, 0.5) is 21.7 Å². The van der Waals surface area contributed by atoms with E-state index in [0.29, 0.717) is 30.1 Å². The van der Waals surface area contributed by atoms with Gasteiger partial charge in [0.25, 0.3) is 0 Å². The molecule has 1 aromatic heterocycles. The predicted molar refractivity (Wildman–Crippen MR) is 145 cm³/mol. The standard InChI is InChI=1S/C26H30FN7S/c1-17-5-6-18(2)23(15-17)30-26(35)32-25(31-24-28-19(3)16-20(4)29-24)34-13-11-33(12-14-34)22-9-7-21(27)8-10-22/h5-10,15-16H,11-14H2,1-4H3,(H2,28,29,30,31,32,35). The highest BCUT2D eigenvalue weighted by atomic mass is 32.1. The van der Waals surface area contributed by atoms with Gasteiger partial charge in [-0.15, -0.1) is 0 Å². The second kappa shape index (κ2) is 10.8. The fourth-order valence-electron chi connectivity index (χ4n) is 4.00. The lowest BCUT2D eigenvalue weighted by Gasteiger charge is -2.37. The zero-order valence-electron chi connectivity index (χ0n) is 20.5. The first-order valence-corrected chi connectivity index (χ1v) is 12.0. The lowest BCUT2D eigenvalue weighted by Crippen LogP contribution is -2.51. The average Bonchev–Trinajstić information content (AvgIpc) is 2.81. The number of nitrogens with one attached hydrogen (secondary N) is 2. The Labute approximate surface area is 211 Å². The fraction of sp³-hybridized carbons (Fsp3) is 0.308. The molecule has 182 valence electrons. The van der Waals surface area contributed by atoms with Gasteiger partial charge in [0.2, 0.25) is 17.0 Å². The molecule has 0 amide bonds. The van der Waals surface area contributed by atoms with E-state index in [1.807, 2.05) is 45.9 Å². The summed E-state index contributed by atoms with van der Waals surface area (Å²) in [4.78, 5) is 18.1. The Morgan fingerprint density at radius 3 is 2.20 bits per heavy atom. The molecule has 0 bridgehead atoms. The maximum atomic E-state index is 13.3. The van der Waals surface area contributed by atoms with Crippen molar-refractivity contribution in [2.45, 2.75) is 27.7 Å². The van der Waals surface area contributed by atoms with E-state index < -0.39 is 0 Å². The number of anilines is 3. The van der Waals surface area contributed by atoms with Crippen molar-refractivity contribution in [3.05, 3.63) is 76.9 Å². The van der Waals surface area contributed by atoms with Gasteiger partial charge in [0.1, 0.15) is 5.82 Å². The van der Waals surface area contributed by atoms with E-state index in [1.54, 1.807) is 0 Å². The number of thiocarbonyl (C=S) groups is 1. The molecule has 0 spiro atoms. The van der Waals surface area contributed by atoms with Gasteiger partial charge in [-0.05, 0) is 87.4 Å². The molecule has 3 aromatic rings. The van der Waals surface area contributed by atoms with Crippen LogP contribution in [0.3, 0.4) is 0 Å². The molecule has 0 saturated carbocycles. The second-order valence-corrected chi connectivity index (χ2v) is 9.12. The van der Waals surface area contributed by atoms with Crippen molar-refractivity contribution in [2.24, 2.45) is 4.99 Å². The summed E-state index contributed by atoms with van der Waals surface area (Å²) in [6.45, 7) is 10.9. The van der Waals surface area contributed by atoms with Crippen LogP contribution >= 0.6 is 12.2 Å². The Balaban J connectivity index is 1.54. The predicted octanol–water partition coefficient (Wildman–Crippen LogP) is 4.84. The molecule has 7 nitrogen and oxygen atoms in total.